The molecule has 1 fully saturated rings. The predicted octanol–water partition coefficient (Wildman–Crippen LogP) is 2.96. The smallest absolute Gasteiger partial charge is 0.202 e. The minimum atomic E-state index is 0.0552. The predicted molar refractivity (Wildman–Crippen MR) is 69.1 cm³/mol. The van der Waals surface area contributed by atoms with E-state index in [4.69, 9.17) is 17.3 Å². The first kappa shape index (κ1) is 10.8. The van der Waals surface area contributed by atoms with Gasteiger partial charge in [0, 0.05) is 11.7 Å². The first-order valence-corrected chi connectivity index (χ1v) is 6.28. The van der Waals surface area contributed by atoms with Crippen LogP contribution in [0.25, 0.3) is 11.2 Å². The molecule has 0 saturated heterocycles. The van der Waals surface area contributed by atoms with Gasteiger partial charge in [0.2, 0.25) is 5.95 Å². The zero-order valence-electron chi connectivity index (χ0n) is 9.78. The van der Waals surface area contributed by atoms with Crippen LogP contribution >= 0.6 is 11.6 Å². The molecule has 4 nitrogen and oxygen atoms in total. The van der Waals surface area contributed by atoms with E-state index < -0.39 is 0 Å². The number of nitrogens with two attached hydrogens (primary N) is 1. The second kappa shape index (κ2) is 3.60. The Hall–Kier alpha value is -1.29. The van der Waals surface area contributed by atoms with Gasteiger partial charge in [-0.2, -0.15) is 0 Å². The van der Waals surface area contributed by atoms with Crippen molar-refractivity contribution in [1.82, 2.24) is 14.5 Å². The minimum absolute atomic E-state index is 0.0552. The lowest BCUT2D eigenvalue weighted by molar-refractivity contribution is 0.342. The van der Waals surface area contributed by atoms with E-state index in [9.17, 15) is 0 Å². The van der Waals surface area contributed by atoms with Gasteiger partial charge < -0.3 is 5.73 Å². The summed E-state index contributed by atoms with van der Waals surface area (Å²) >= 11 is 5.92. The molecule has 0 atom stereocenters. The van der Waals surface area contributed by atoms with Gasteiger partial charge in [-0.3, -0.25) is 4.57 Å². The van der Waals surface area contributed by atoms with Crippen molar-refractivity contribution in [2.24, 2.45) is 0 Å². The standard InChI is InChI=1S/C12H15ClN4/c1-12(4-2-3-5-12)17-10-9(16-11(17)14)6-8(13)7-15-10/h6-7H,2-5H2,1H3,(H2,14,16). The van der Waals surface area contributed by atoms with Crippen molar-refractivity contribution in [3.63, 3.8) is 0 Å². The van der Waals surface area contributed by atoms with Gasteiger partial charge in [-0.15, -0.1) is 0 Å². The van der Waals surface area contributed by atoms with E-state index in [0.29, 0.717) is 11.0 Å². The Bertz CT molecular complexity index is 569. The number of nitrogen functional groups attached to an aromatic ring is 1. The summed E-state index contributed by atoms with van der Waals surface area (Å²) in [7, 11) is 0. The molecule has 1 saturated carbocycles. The van der Waals surface area contributed by atoms with Gasteiger partial charge in [0.15, 0.2) is 5.65 Å². The van der Waals surface area contributed by atoms with E-state index in [1.54, 1.807) is 6.20 Å². The maximum atomic E-state index is 6.04. The summed E-state index contributed by atoms with van der Waals surface area (Å²) in [4.78, 5) is 8.74. The van der Waals surface area contributed by atoms with Crippen molar-refractivity contribution in [3.05, 3.63) is 17.3 Å². The molecule has 1 aliphatic rings. The van der Waals surface area contributed by atoms with Crippen LogP contribution in [-0.2, 0) is 5.54 Å². The quantitative estimate of drug-likeness (QED) is 0.847. The lowest BCUT2D eigenvalue weighted by Gasteiger charge is -2.26. The molecule has 2 heterocycles. The molecular formula is C12H15ClN4. The first-order valence-electron chi connectivity index (χ1n) is 5.90. The highest BCUT2D eigenvalue weighted by atomic mass is 35.5. The second-order valence-corrected chi connectivity index (χ2v) is 5.44. The Morgan fingerprint density at radius 1 is 1.41 bits per heavy atom. The number of anilines is 1. The van der Waals surface area contributed by atoms with Crippen LogP contribution in [0.3, 0.4) is 0 Å². The third-order valence-corrected chi connectivity index (χ3v) is 3.92. The van der Waals surface area contributed by atoms with Gasteiger partial charge in [-0.25, -0.2) is 9.97 Å². The Kier molecular flexibility index (Phi) is 2.30. The molecule has 0 aliphatic heterocycles. The van der Waals surface area contributed by atoms with Crippen LogP contribution in [-0.4, -0.2) is 14.5 Å². The first-order chi connectivity index (χ1) is 8.10. The fourth-order valence-electron chi connectivity index (χ4n) is 2.85. The van der Waals surface area contributed by atoms with Crippen molar-refractivity contribution in [3.8, 4) is 0 Å². The Morgan fingerprint density at radius 3 is 2.82 bits per heavy atom. The minimum Gasteiger partial charge on any atom is -0.369 e. The molecule has 0 bridgehead atoms. The monoisotopic (exact) mass is 250 g/mol. The van der Waals surface area contributed by atoms with Crippen molar-refractivity contribution >= 4 is 28.7 Å². The Labute approximate surface area is 105 Å². The van der Waals surface area contributed by atoms with Gasteiger partial charge in [0.1, 0.15) is 5.52 Å². The summed E-state index contributed by atoms with van der Waals surface area (Å²) in [6.07, 6.45) is 6.39. The highest BCUT2D eigenvalue weighted by Gasteiger charge is 2.33. The maximum absolute atomic E-state index is 6.04. The molecule has 90 valence electrons. The summed E-state index contributed by atoms with van der Waals surface area (Å²) in [5.74, 6) is 0.541. The van der Waals surface area contributed by atoms with Crippen molar-refractivity contribution in [1.29, 1.82) is 0 Å². The molecule has 1 aliphatic carbocycles. The molecule has 0 spiro atoms. The van der Waals surface area contributed by atoms with Crippen LogP contribution in [0.1, 0.15) is 32.6 Å². The van der Waals surface area contributed by atoms with Crippen LogP contribution < -0.4 is 5.73 Å². The van der Waals surface area contributed by atoms with Crippen molar-refractivity contribution in [2.45, 2.75) is 38.1 Å². The normalized spacial score (nSPS) is 18.9. The molecule has 0 radical (unpaired) electrons. The van der Waals surface area contributed by atoms with E-state index in [0.717, 1.165) is 24.0 Å². The molecule has 5 heteroatoms. The van der Waals surface area contributed by atoms with Crippen LogP contribution in [0.2, 0.25) is 5.02 Å². The van der Waals surface area contributed by atoms with Gasteiger partial charge in [0.25, 0.3) is 0 Å². The van der Waals surface area contributed by atoms with Crippen LogP contribution in [0.5, 0.6) is 0 Å². The Balaban J connectivity index is 2.25. The number of halogens is 1. The zero-order valence-corrected chi connectivity index (χ0v) is 10.5. The number of imidazole rings is 1. The lowest BCUT2D eigenvalue weighted by Crippen LogP contribution is -2.27. The average Bonchev–Trinajstić information content (AvgIpc) is 2.81. The van der Waals surface area contributed by atoms with E-state index in [-0.39, 0.29) is 5.54 Å². The van der Waals surface area contributed by atoms with Crippen molar-refractivity contribution < 1.29 is 0 Å². The highest BCUT2D eigenvalue weighted by Crippen LogP contribution is 2.39. The van der Waals surface area contributed by atoms with Crippen LogP contribution in [0, 0.1) is 0 Å². The van der Waals surface area contributed by atoms with Gasteiger partial charge in [-0.1, -0.05) is 24.4 Å². The summed E-state index contributed by atoms with van der Waals surface area (Å²) < 4.78 is 2.08. The summed E-state index contributed by atoms with van der Waals surface area (Å²) in [6.45, 7) is 2.23. The van der Waals surface area contributed by atoms with Gasteiger partial charge >= 0.3 is 0 Å². The number of pyridine rings is 1. The Morgan fingerprint density at radius 2 is 2.12 bits per heavy atom. The fourth-order valence-corrected chi connectivity index (χ4v) is 3.00. The fraction of sp³-hybridized carbons (Fsp3) is 0.500. The molecule has 17 heavy (non-hydrogen) atoms. The summed E-state index contributed by atoms with van der Waals surface area (Å²) in [5.41, 5.74) is 7.72. The van der Waals surface area contributed by atoms with Gasteiger partial charge in [-0.05, 0) is 25.8 Å². The number of fused-ring (bicyclic) bond motifs is 1. The largest absolute Gasteiger partial charge is 0.369 e. The summed E-state index contributed by atoms with van der Waals surface area (Å²) in [6, 6.07) is 1.81. The SMILES string of the molecule is CC1(n2c(N)nc3cc(Cl)cnc32)CCCC1. The van der Waals surface area contributed by atoms with Gasteiger partial charge in [0.05, 0.1) is 5.02 Å². The topological polar surface area (TPSA) is 56.7 Å². The second-order valence-electron chi connectivity index (χ2n) is 5.01. The van der Waals surface area contributed by atoms with E-state index in [1.807, 2.05) is 6.07 Å². The van der Waals surface area contributed by atoms with E-state index in [2.05, 4.69) is 21.5 Å². The van der Waals surface area contributed by atoms with E-state index >= 15 is 0 Å². The average molecular weight is 251 g/mol. The molecule has 3 rings (SSSR count). The molecule has 0 unspecified atom stereocenters. The lowest BCUT2D eigenvalue weighted by atomic mass is 10.0. The molecule has 2 N–H and O–H groups in total. The number of nitrogens with zero attached hydrogens (tertiary/aromatic N) is 3. The van der Waals surface area contributed by atoms with Crippen molar-refractivity contribution in [2.75, 3.05) is 5.73 Å². The molecular weight excluding hydrogens is 236 g/mol. The molecule has 2 aromatic heterocycles. The summed E-state index contributed by atoms with van der Waals surface area (Å²) in [5, 5.41) is 0.596. The number of hydrogen-bond acceptors (Lipinski definition) is 3. The van der Waals surface area contributed by atoms with Crippen LogP contribution in [0.4, 0.5) is 5.95 Å². The molecule has 0 amide bonds. The maximum Gasteiger partial charge on any atom is 0.202 e. The third kappa shape index (κ3) is 1.59. The molecule has 2 aromatic rings. The van der Waals surface area contributed by atoms with E-state index in [1.165, 1.54) is 12.8 Å². The highest BCUT2D eigenvalue weighted by molar-refractivity contribution is 6.31. The van der Waals surface area contributed by atoms with Crippen LogP contribution in [0.15, 0.2) is 12.3 Å². The number of aromatic nitrogens is 3. The third-order valence-electron chi connectivity index (χ3n) is 3.71. The molecule has 0 aromatic carbocycles. The zero-order chi connectivity index (χ0) is 12.0. The number of hydrogen-bond donors (Lipinski definition) is 1. The number of rotatable bonds is 1.